The van der Waals surface area contributed by atoms with Crippen LogP contribution in [-0.4, -0.2) is 29.9 Å². The maximum absolute atomic E-state index is 13.7. The Morgan fingerprint density at radius 1 is 0.905 bits per heavy atom. The quantitative estimate of drug-likeness (QED) is 0.305. The predicted molar refractivity (Wildman–Crippen MR) is 166 cm³/mol. The van der Waals surface area contributed by atoms with E-state index in [-0.39, 0.29) is 16.5 Å². The van der Waals surface area contributed by atoms with Crippen molar-refractivity contribution in [3.8, 4) is 0 Å². The molecule has 0 aromatic heterocycles. The average molecular weight is 566 g/mol. The summed E-state index contributed by atoms with van der Waals surface area (Å²) >= 11 is 0. The predicted octanol–water partition coefficient (Wildman–Crippen LogP) is 7.32. The number of fused-ring (bicyclic) bond motifs is 1. The van der Waals surface area contributed by atoms with Crippen LogP contribution in [-0.2, 0) is 15.0 Å². The fourth-order valence-corrected chi connectivity index (χ4v) is 9.73. The Hall–Kier alpha value is -3.41. The molecule has 1 saturated heterocycles. The van der Waals surface area contributed by atoms with Gasteiger partial charge in [-0.25, -0.2) is 9.69 Å². The van der Waals surface area contributed by atoms with Gasteiger partial charge in [-0.1, -0.05) is 32.0 Å². The standard InChI is InChI=1S/C36H43N3O3/c1-5-12-38-31-11-6-23(16-29(31)22(2)18-35(38,3)4)17-30-32(40)37-34(42)39(33(30)41)28-9-7-27(8-10-28)36-19-24-13-25(20-36)15-26(14-24)21-36/h6-11,16-17,22,24-26H,5,12-15,18-21H2,1-4H3,(H,37,40,42)/b30-17-. The third kappa shape index (κ3) is 4.40. The molecule has 4 bridgehead atoms. The number of amides is 4. The summed E-state index contributed by atoms with van der Waals surface area (Å²) in [6.45, 7) is 10.0. The first kappa shape index (κ1) is 27.4. The fourth-order valence-electron chi connectivity index (χ4n) is 9.73. The van der Waals surface area contributed by atoms with Crippen LogP contribution in [0.1, 0.15) is 102 Å². The van der Waals surface area contributed by atoms with Gasteiger partial charge in [-0.05, 0) is 141 Å². The topological polar surface area (TPSA) is 69.7 Å². The first-order valence-corrected chi connectivity index (χ1v) is 16.0. The summed E-state index contributed by atoms with van der Waals surface area (Å²) in [7, 11) is 0. The summed E-state index contributed by atoms with van der Waals surface area (Å²) < 4.78 is 0. The van der Waals surface area contributed by atoms with Crippen LogP contribution in [0.3, 0.4) is 0 Å². The molecule has 6 heteroatoms. The van der Waals surface area contributed by atoms with Gasteiger partial charge in [-0.2, -0.15) is 0 Å². The molecule has 6 nitrogen and oxygen atoms in total. The molecule has 1 unspecified atom stereocenters. The molecule has 42 heavy (non-hydrogen) atoms. The zero-order valence-corrected chi connectivity index (χ0v) is 25.4. The molecule has 0 spiro atoms. The molecular formula is C36H43N3O3. The molecule has 8 rings (SSSR count). The molecule has 4 aliphatic carbocycles. The Morgan fingerprint density at radius 2 is 1.55 bits per heavy atom. The van der Waals surface area contributed by atoms with Crippen molar-refractivity contribution in [3.63, 3.8) is 0 Å². The van der Waals surface area contributed by atoms with E-state index in [1.807, 2.05) is 18.2 Å². The second-order valence-corrected chi connectivity index (χ2v) is 14.6. The highest BCUT2D eigenvalue weighted by Gasteiger charge is 2.51. The number of benzene rings is 2. The molecule has 1 N–H and O–H groups in total. The highest BCUT2D eigenvalue weighted by atomic mass is 16.2. The number of carbonyl (C=O) groups excluding carboxylic acids is 3. The number of nitrogens with zero attached hydrogens (tertiary/aromatic N) is 2. The maximum Gasteiger partial charge on any atom is 0.335 e. The van der Waals surface area contributed by atoms with E-state index in [9.17, 15) is 14.4 Å². The molecule has 4 amide bonds. The largest absolute Gasteiger partial charge is 0.366 e. The molecule has 5 fully saturated rings. The Bertz CT molecular complexity index is 1450. The summed E-state index contributed by atoms with van der Waals surface area (Å²) in [5.41, 5.74) is 5.37. The Labute approximate surface area is 249 Å². The van der Waals surface area contributed by atoms with E-state index in [2.05, 4.69) is 62.2 Å². The van der Waals surface area contributed by atoms with Gasteiger partial charge in [0.05, 0.1) is 5.69 Å². The number of rotatable bonds is 5. The molecule has 6 aliphatic rings. The van der Waals surface area contributed by atoms with Crippen LogP contribution in [0.15, 0.2) is 48.0 Å². The van der Waals surface area contributed by atoms with Crippen molar-refractivity contribution in [2.45, 2.75) is 95.9 Å². The van der Waals surface area contributed by atoms with Gasteiger partial charge in [-0.15, -0.1) is 0 Å². The van der Waals surface area contributed by atoms with Crippen molar-refractivity contribution in [2.24, 2.45) is 17.8 Å². The van der Waals surface area contributed by atoms with Crippen molar-refractivity contribution in [3.05, 3.63) is 64.7 Å². The molecule has 0 radical (unpaired) electrons. The number of hydrogen-bond donors (Lipinski definition) is 1. The lowest BCUT2D eigenvalue weighted by Crippen LogP contribution is -2.54. The van der Waals surface area contributed by atoms with Crippen LogP contribution in [0.4, 0.5) is 16.2 Å². The molecule has 2 aliphatic heterocycles. The first-order chi connectivity index (χ1) is 20.1. The van der Waals surface area contributed by atoms with Gasteiger partial charge < -0.3 is 4.90 Å². The number of nitrogens with one attached hydrogen (secondary N) is 1. The van der Waals surface area contributed by atoms with E-state index >= 15 is 0 Å². The number of hydrogen-bond acceptors (Lipinski definition) is 4. The number of barbiturate groups is 1. The van der Waals surface area contributed by atoms with Gasteiger partial charge in [-0.3, -0.25) is 14.9 Å². The zero-order chi connectivity index (χ0) is 29.4. The normalized spacial score (nSPS) is 32.4. The minimum absolute atomic E-state index is 0.0195. The lowest BCUT2D eigenvalue weighted by Gasteiger charge is -2.57. The SMILES string of the molecule is CCCN1c2ccc(/C=C3/C(=O)NC(=O)N(c4ccc(C56CC7CC(CC(C7)C5)C6)cc4)C3=O)cc2C(C)CC1(C)C. The second kappa shape index (κ2) is 9.82. The zero-order valence-electron chi connectivity index (χ0n) is 25.4. The summed E-state index contributed by atoms with van der Waals surface area (Å²) in [6, 6.07) is 13.5. The molecule has 2 aromatic carbocycles. The Balaban J connectivity index is 1.17. The van der Waals surface area contributed by atoms with Gasteiger partial charge in [0.15, 0.2) is 0 Å². The highest BCUT2D eigenvalue weighted by Crippen LogP contribution is 2.60. The second-order valence-electron chi connectivity index (χ2n) is 14.6. The summed E-state index contributed by atoms with van der Waals surface area (Å²) in [5.74, 6) is 1.66. The minimum atomic E-state index is -0.693. The van der Waals surface area contributed by atoms with Crippen molar-refractivity contribution < 1.29 is 14.4 Å². The minimum Gasteiger partial charge on any atom is -0.366 e. The number of imide groups is 2. The molecule has 220 valence electrons. The molecule has 1 atom stereocenters. The maximum atomic E-state index is 13.7. The first-order valence-electron chi connectivity index (χ1n) is 16.0. The van der Waals surface area contributed by atoms with Crippen LogP contribution in [0.5, 0.6) is 0 Å². The van der Waals surface area contributed by atoms with Gasteiger partial charge in [0.25, 0.3) is 11.8 Å². The Morgan fingerprint density at radius 3 is 2.17 bits per heavy atom. The van der Waals surface area contributed by atoms with Gasteiger partial charge in [0.1, 0.15) is 5.57 Å². The third-order valence-corrected chi connectivity index (χ3v) is 11.0. The average Bonchev–Trinajstić information content (AvgIpc) is 2.93. The van der Waals surface area contributed by atoms with Crippen LogP contribution in [0.25, 0.3) is 6.08 Å². The van der Waals surface area contributed by atoms with Gasteiger partial charge in [0.2, 0.25) is 0 Å². The Kier molecular flexibility index (Phi) is 6.41. The molecule has 2 aromatic rings. The number of urea groups is 1. The highest BCUT2D eigenvalue weighted by molar-refractivity contribution is 6.39. The van der Waals surface area contributed by atoms with E-state index in [1.165, 1.54) is 55.3 Å². The van der Waals surface area contributed by atoms with Crippen molar-refractivity contribution in [1.29, 1.82) is 0 Å². The van der Waals surface area contributed by atoms with E-state index in [4.69, 9.17) is 0 Å². The van der Waals surface area contributed by atoms with Crippen LogP contribution >= 0.6 is 0 Å². The van der Waals surface area contributed by atoms with Crippen LogP contribution in [0.2, 0.25) is 0 Å². The molecular weight excluding hydrogens is 522 g/mol. The lowest BCUT2D eigenvalue weighted by atomic mass is 9.48. The summed E-state index contributed by atoms with van der Waals surface area (Å²) in [5, 5.41) is 2.41. The van der Waals surface area contributed by atoms with E-state index in [0.717, 1.165) is 47.6 Å². The van der Waals surface area contributed by atoms with Crippen LogP contribution in [0, 0.1) is 17.8 Å². The summed E-state index contributed by atoms with van der Waals surface area (Å²) in [4.78, 5) is 43.2. The van der Waals surface area contributed by atoms with Crippen molar-refractivity contribution >= 4 is 35.3 Å². The van der Waals surface area contributed by atoms with E-state index in [1.54, 1.807) is 6.08 Å². The molecule has 4 saturated carbocycles. The fraction of sp³-hybridized carbons (Fsp3) is 0.528. The summed E-state index contributed by atoms with van der Waals surface area (Å²) in [6.07, 6.45) is 11.7. The van der Waals surface area contributed by atoms with E-state index < -0.39 is 17.8 Å². The molecule has 2 heterocycles. The van der Waals surface area contributed by atoms with Gasteiger partial charge in [0, 0.05) is 17.8 Å². The van der Waals surface area contributed by atoms with E-state index in [0.29, 0.717) is 11.6 Å². The van der Waals surface area contributed by atoms with Gasteiger partial charge >= 0.3 is 6.03 Å². The lowest BCUT2D eigenvalue weighted by molar-refractivity contribution is -0.122. The third-order valence-electron chi connectivity index (χ3n) is 11.0. The smallest absolute Gasteiger partial charge is 0.335 e. The van der Waals surface area contributed by atoms with Crippen LogP contribution < -0.4 is 15.1 Å². The monoisotopic (exact) mass is 565 g/mol. The van der Waals surface area contributed by atoms with Crippen molar-refractivity contribution in [1.82, 2.24) is 5.32 Å². The number of carbonyl (C=O) groups is 3. The van der Waals surface area contributed by atoms with Crippen molar-refractivity contribution in [2.75, 3.05) is 16.3 Å². The number of anilines is 2.